The van der Waals surface area contributed by atoms with Crippen LogP contribution in [0.3, 0.4) is 0 Å². The van der Waals surface area contributed by atoms with Crippen molar-refractivity contribution < 1.29 is 79.5 Å². The van der Waals surface area contributed by atoms with Gasteiger partial charge in [0, 0.05) is 45.7 Å². The summed E-state index contributed by atoms with van der Waals surface area (Å²) >= 11 is 0. The first-order valence-electron chi connectivity index (χ1n) is 10.7. The van der Waals surface area contributed by atoms with Gasteiger partial charge < -0.3 is 20.4 Å². The Labute approximate surface area is 229 Å². The van der Waals surface area contributed by atoms with Crippen LogP contribution in [-0.2, 0) is 32.3 Å². The Morgan fingerprint density at radius 3 is 1.74 bits per heavy atom. The molecule has 12 nitrogen and oxygen atoms in total. The van der Waals surface area contributed by atoms with Gasteiger partial charge in [0.25, 0.3) is 0 Å². The molecule has 0 saturated carbocycles. The van der Waals surface area contributed by atoms with E-state index in [0.29, 0.717) is 11.4 Å². The quantitative estimate of drug-likeness (QED) is 0.273. The fourth-order valence-corrected chi connectivity index (χ4v) is 3.85. The van der Waals surface area contributed by atoms with Gasteiger partial charge in [-0.3, -0.25) is 38.9 Å². The van der Waals surface area contributed by atoms with E-state index in [2.05, 4.69) is 4.98 Å². The first-order chi connectivity index (χ1) is 15.6. The van der Waals surface area contributed by atoms with Crippen LogP contribution in [0, 0.1) is 39.9 Å². The number of aliphatic carboxylic acids is 4. The van der Waals surface area contributed by atoms with Crippen LogP contribution in [0.1, 0.15) is 30.7 Å². The molecule has 0 saturated heterocycles. The minimum atomic E-state index is -1.10. The van der Waals surface area contributed by atoms with Crippen LogP contribution in [0.2, 0.25) is 0 Å². The van der Waals surface area contributed by atoms with Gasteiger partial charge in [0.15, 0.2) is 0 Å². The summed E-state index contributed by atoms with van der Waals surface area (Å²) in [6.07, 6.45) is 0.128. The summed E-state index contributed by atoms with van der Waals surface area (Å²) < 4.78 is 0. The fourth-order valence-electron chi connectivity index (χ4n) is 3.85. The minimum absolute atomic E-state index is 0. The van der Waals surface area contributed by atoms with Crippen molar-refractivity contribution in [1.82, 2.24) is 19.7 Å². The van der Waals surface area contributed by atoms with Crippen molar-refractivity contribution in [3.63, 3.8) is 0 Å². The molecule has 0 fully saturated rings. The zero-order valence-electron chi connectivity index (χ0n) is 18.7. The second-order valence-electron chi connectivity index (χ2n) is 8.01. The standard InChI is InChI=1S/C21H30N4O8.Gd/c26-18(27)6-2-5-17(21(32)33)25-9-7-23(13-19(28)29)11-15-3-1-4-16(22-15)12-24(8-10-25)14-20(30)31;/h1,3-4,17H,2,5-14H2,(H,26,27)(H,28,29)(H,30,31)(H,32,33);/q;+3. The van der Waals surface area contributed by atoms with E-state index in [-0.39, 0.29) is 112 Å². The Bertz CT molecular complexity index is 811. The summed E-state index contributed by atoms with van der Waals surface area (Å²) in [5, 5.41) is 37.3. The monoisotopic (exact) mass is 624 g/mol. The second-order valence-corrected chi connectivity index (χ2v) is 8.01. The smallest absolute Gasteiger partial charge is 0.481 e. The van der Waals surface area contributed by atoms with Crippen molar-refractivity contribution in [3.8, 4) is 0 Å². The zero-order chi connectivity index (χ0) is 24.4. The van der Waals surface area contributed by atoms with Crippen molar-refractivity contribution in [1.29, 1.82) is 0 Å². The third kappa shape index (κ3) is 11.1. The van der Waals surface area contributed by atoms with Crippen LogP contribution in [0.25, 0.3) is 0 Å². The third-order valence-electron chi connectivity index (χ3n) is 5.35. The van der Waals surface area contributed by atoms with Gasteiger partial charge in [-0.1, -0.05) is 6.07 Å². The molecule has 1 aromatic heterocycles. The van der Waals surface area contributed by atoms with Crippen LogP contribution in [0.5, 0.6) is 0 Å². The summed E-state index contributed by atoms with van der Waals surface area (Å²) in [5.74, 6) is -4.15. The van der Waals surface area contributed by atoms with Crippen LogP contribution in [0.4, 0.5) is 0 Å². The van der Waals surface area contributed by atoms with Crippen molar-refractivity contribution in [2.45, 2.75) is 38.4 Å². The molecule has 1 atom stereocenters. The van der Waals surface area contributed by atoms with E-state index in [1.807, 2.05) is 0 Å². The maximum atomic E-state index is 12.0. The second kappa shape index (κ2) is 15.3. The molecule has 1 radical (unpaired) electrons. The molecular formula is C21H30GdN4O8+3. The molecule has 0 aromatic carbocycles. The molecule has 13 heteroatoms. The summed E-state index contributed by atoms with van der Waals surface area (Å²) in [6.45, 7) is 0.923. The molecule has 4 N–H and O–H groups in total. The zero-order valence-corrected chi connectivity index (χ0v) is 20.9. The van der Waals surface area contributed by atoms with Crippen molar-refractivity contribution >= 4 is 23.9 Å². The SMILES string of the molecule is O=C(O)CCCC(C(=O)O)N1CCN(CC(=O)O)Cc2cccc(n2)CN(CC(=O)O)CC1.[Gd+3]. The van der Waals surface area contributed by atoms with Gasteiger partial charge in [-0.15, -0.1) is 0 Å². The van der Waals surface area contributed by atoms with E-state index in [1.54, 1.807) is 32.9 Å². The Morgan fingerprint density at radius 2 is 1.32 bits per heavy atom. The summed E-state index contributed by atoms with van der Waals surface area (Å²) in [4.78, 5) is 55.1. The Balaban J connectivity index is 0.00000578. The first kappa shape index (κ1) is 30.3. The Morgan fingerprint density at radius 1 is 0.824 bits per heavy atom. The number of carboxylic acid groups (broad SMARTS) is 4. The number of carbonyl (C=O) groups is 4. The average Bonchev–Trinajstić information content (AvgIpc) is 2.70. The molecule has 1 aliphatic heterocycles. The number of fused-ring (bicyclic) bond motifs is 2. The number of rotatable bonds is 10. The predicted octanol–water partition coefficient (Wildman–Crippen LogP) is -0.121. The number of aromatic nitrogens is 1. The van der Waals surface area contributed by atoms with Gasteiger partial charge >= 0.3 is 63.8 Å². The Kier molecular flexibility index (Phi) is 13.6. The van der Waals surface area contributed by atoms with Gasteiger partial charge in [-0.25, -0.2) is 0 Å². The van der Waals surface area contributed by atoms with Crippen LogP contribution in [-0.4, -0.2) is 109 Å². The molecule has 1 aliphatic rings. The topological polar surface area (TPSA) is 172 Å². The van der Waals surface area contributed by atoms with Crippen LogP contribution in [0.15, 0.2) is 18.2 Å². The summed E-state index contributed by atoms with van der Waals surface area (Å²) in [6, 6.07) is 4.34. The van der Waals surface area contributed by atoms with Crippen molar-refractivity contribution in [3.05, 3.63) is 29.6 Å². The van der Waals surface area contributed by atoms with Gasteiger partial charge in [0.1, 0.15) is 6.04 Å². The van der Waals surface area contributed by atoms with E-state index in [0.717, 1.165) is 0 Å². The summed E-state index contributed by atoms with van der Waals surface area (Å²) in [5.41, 5.74) is 1.26. The number of hydrogen-bond donors (Lipinski definition) is 4. The minimum Gasteiger partial charge on any atom is -0.481 e. The van der Waals surface area contributed by atoms with Crippen molar-refractivity contribution in [2.24, 2.45) is 0 Å². The van der Waals surface area contributed by atoms with Crippen molar-refractivity contribution in [2.75, 3.05) is 39.3 Å². The third-order valence-corrected chi connectivity index (χ3v) is 5.35. The molecule has 2 heterocycles. The largest absolute Gasteiger partial charge is 3.00 e. The molecule has 34 heavy (non-hydrogen) atoms. The predicted molar refractivity (Wildman–Crippen MR) is 115 cm³/mol. The maximum Gasteiger partial charge on any atom is 3.00 e. The molecular weight excluding hydrogens is 594 g/mol. The Hall–Kier alpha value is -1.77. The molecule has 0 aliphatic carbocycles. The van der Waals surface area contributed by atoms with Gasteiger partial charge in [0.2, 0.25) is 0 Å². The van der Waals surface area contributed by atoms with Gasteiger partial charge in [-0.2, -0.15) is 0 Å². The molecule has 187 valence electrons. The molecule has 0 spiro atoms. The van der Waals surface area contributed by atoms with E-state index in [1.165, 1.54) is 0 Å². The molecule has 1 aromatic rings. The normalized spacial score (nSPS) is 16.9. The number of carboxylic acids is 4. The van der Waals surface area contributed by atoms with Crippen LogP contribution >= 0.6 is 0 Å². The van der Waals surface area contributed by atoms with E-state index >= 15 is 0 Å². The molecule has 2 bridgehead atoms. The summed E-state index contributed by atoms with van der Waals surface area (Å²) in [7, 11) is 0. The van der Waals surface area contributed by atoms with Gasteiger partial charge in [0.05, 0.1) is 24.5 Å². The fraction of sp³-hybridized carbons (Fsp3) is 0.571. The molecule has 0 amide bonds. The number of nitrogens with zero attached hydrogens (tertiary/aromatic N) is 4. The van der Waals surface area contributed by atoms with E-state index in [9.17, 15) is 34.5 Å². The van der Waals surface area contributed by atoms with E-state index in [4.69, 9.17) is 5.11 Å². The average molecular weight is 624 g/mol. The number of hydrogen-bond acceptors (Lipinski definition) is 8. The van der Waals surface area contributed by atoms with E-state index < -0.39 is 29.9 Å². The molecule has 2 rings (SSSR count). The first-order valence-corrected chi connectivity index (χ1v) is 10.7. The van der Waals surface area contributed by atoms with Crippen LogP contribution < -0.4 is 0 Å². The number of pyridine rings is 1. The maximum absolute atomic E-state index is 12.0. The molecule has 1 unspecified atom stereocenters. The van der Waals surface area contributed by atoms with Gasteiger partial charge in [-0.05, 0) is 25.0 Å².